The van der Waals surface area contributed by atoms with Crippen LogP contribution < -0.4 is 5.32 Å². The Morgan fingerprint density at radius 3 is 3.00 bits per heavy atom. The molecule has 8 nitrogen and oxygen atoms in total. The van der Waals surface area contributed by atoms with E-state index in [-0.39, 0.29) is 5.69 Å². The number of rotatable bonds is 4. The second kappa shape index (κ2) is 4.65. The van der Waals surface area contributed by atoms with E-state index in [9.17, 15) is 10.1 Å². The van der Waals surface area contributed by atoms with E-state index in [1.165, 1.54) is 12.1 Å². The highest BCUT2D eigenvalue weighted by atomic mass is 16.6. The maximum Gasteiger partial charge on any atom is 0.271 e. The van der Waals surface area contributed by atoms with Crippen LogP contribution in [0, 0.1) is 10.1 Å². The molecule has 0 saturated heterocycles. The average molecular weight is 272 g/mol. The number of nitrogens with zero attached hydrogens (tertiary/aromatic N) is 4. The fourth-order valence-corrected chi connectivity index (χ4v) is 1.94. The van der Waals surface area contributed by atoms with Crippen molar-refractivity contribution in [2.75, 3.05) is 5.32 Å². The monoisotopic (exact) mass is 272 g/mol. The normalized spacial score (nSPS) is 10.8. The van der Waals surface area contributed by atoms with Crippen molar-refractivity contribution in [3.8, 4) is 0 Å². The lowest BCUT2D eigenvalue weighted by molar-refractivity contribution is -0.384. The van der Waals surface area contributed by atoms with Crippen LogP contribution in [0.25, 0.3) is 11.0 Å². The van der Waals surface area contributed by atoms with Gasteiger partial charge in [0.1, 0.15) is 0 Å². The van der Waals surface area contributed by atoms with Gasteiger partial charge in [-0.3, -0.25) is 14.8 Å². The van der Waals surface area contributed by atoms with Crippen LogP contribution in [0.3, 0.4) is 0 Å². The number of aryl methyl sites for hydroxylation is 1. The Labute approximate surface area is 113 Å². The summed E-state index contributed by atoms with van der Waals surface area (Å²) in [6, 6.07) is 6.44. The largest absolute Gasteiger partial charge is 0.350 e. The second-order valence-corrected chi connectivity index (χ2v) is 4.34. The molecule has 2 heterocycles. The zero-order chi connectivity index (χ0) is 14.1. The first-order valence-electron chi connectivity index (χ1n) is 5.98. The Hall–Kier alpha value is -2.90. The Morgan fingerprint density at radius 1 is 1.45 bits per heavy atom. The number of aromatic nitrogens is 4. The van der Waals surface area contributed by atoms with Gasteiger partial charge in [0.05, 0.1) is 28.2 Å². The zero-order valence-corrected chi connectivity index (χ0v) is 10.7. The molecule has 0 amide bonds. The maximum absolute atomic E-state index is 10.7. The summed E-state index contributed by atoms with van der Waals surface area (Å²) in [5.41, 5.74) is 2.37. The van der Waals surface area contributed by atoms with Crippen molar-refractivity contribution >= 4 is 22.7 Å². The van der Waals surface area contributed by atoms with E-state index in [2.05, 4.69) is 20.4 Å². The molecule has 3 rings (SSSR count). The number of hydrogen-bond acceptors (Lipinski definition) is 5. The first-order valence-corrected chi connectivity index (χ1v) is 5.98. The number of nitro benzene ring substituents is 1. The Bertz CT molecular complexity index is 775. The number of aromatic amines is 1. The Balaban J connectivity index is 1.82. The minimum atomic E-state index is -0.428. The molecule has 0 aliphatic carbocycles. The standard InChI is InChI=1S/C12H12N6O2/c1-17-9(4-5-14-17)7-13-12-15-10-3-2-8(18(19)20)6-11(10)16-12/h2-6H,7H2,1H3,(H2,13,15,16). The highest BCUT2D eigenvalue weighted by Gasteiger charge is 2.09. The highest BCUT2D eigenvalue weighted by molar-refractivity contribution is 5.79. The predicted octanol–water partition coefficient (Wildman–Crippen LogP) is 1.82. The van der Waals surface area contributed by atoms with Crippen molar-refractivity contribution < 1.29 is 4.92 Å². The number of nitro groups is 1. The molecule has 0 radical (unpaired) electrons. The molecule has 2 N–H and O–H groups in total. The molecule has 8 heteroatoms. The van der Waals surface area contributed by atoms with Crippen molar-refractivity contribution in [2.24, 2.45) is 7.05 Å². The number of H-pyrrole nitrogens is 1. The van der Waals surface area contributed by atoms with Crippen LogP contribution in [0.5, 0.6) is 0 Å². The molecule has 0 aliphatic heterocycles. The number of hydrogen-bond donors (Lipinski definition) is 2. The third-order valence-electron chi connectivity index (χ3n) is 3.04. The first kappa shape index (κ1) is 12.2. The summed E-state index contributed by atoms with van der Waals surface area (Å²) in [6.07, 6.45) is 1.72. The maximum atomic E-state index is 10.7. The van der Waals surface area contributed by atoms with Gasteiger partial charge in [-0.15, -0.1) is 0 Å². The van der Waals surface area contributed by atoms with Gasteiger partial charge < -0.3 is 10.3 Å². The number of nitrogens with one attached hydrogen (secondary N) is 2. The quantitative estimate of drug-likeness (QED) is 0.557. The van der Waals surface area contributed by atoms with E-state index in [4.69, 9.17) is 0 Å². The fraction of sp³-hybridized carbons (Fsp3) is 0.167. The number of anilines is 1. The molecule has 0 fully saturated rings. The first-order chi connectivity index (χ1) is 9.63. The summed E-state index contributed by atoms with van der Waals surface area (Å²) < 4.78 is 1.76. The lowest BCUT2D eigenvalue weighted by Crippen LogP contribution is -2.06. The fourth-order valence-electron chi connectivity index (χ4n) is 1.94. The Kier molecular flexibility index (Phi) is 2.82. The third-order valence-corrected chi connectivity index (χ3v) is 3.04. The molecule has 0 atom stereocenters. The molecular formula is C12H12N6O2. The zero-order valence-electron chi connectivity index (χ0n) is 10.7. The number of benzene rings is 1. The summed E-state index contributed by atoms with van der Waals surface area (Å²) in [7, 11) is 1.86. The van der Waals surface area contributed by atoms with Crippen LogP contribution in [0.1, 0.15) is 5.69 Å². The predicted molar refractivity (Wildman–Crippen MR) is 73.3 cm³/mol. The van der Waals surface area contributed by atoms with Gasteiger partial charge in [0.2, 0.25) is 5.95 Å². The number of fused-ring (bicyclic) bond motifs is 1. The molecular weight excluding hydrogens is 260 g/mol. The van der Waals surface area contributed by atoms with Crippen molar-refractivity contribution in [3.63, 3.8) is 0 Å². The molecule has 0 spiro atoms. The molecule has 102 valence electrons. The van der Waals surface area contributed by atoms with Crippen LogP contribution in [0.2, 0.25) is 0 Å². The van der Waals surface area contributed by atoms with Crippen molar-refractivity contribution in [1.82, 2.24) is 19.7 Å². The summed E-state index contributed by atoms with van der Waals surface area (Å²) in [5, 5.41) is 17.9. The summed E-state index contributed by atoms with van der Waals surface area (Å²) >= 11 is 0. The number of imidazole rings is 1. The van der Waals surface area contributed by atoms with Gasteiger partial charge in [0.15, 0.2) is 0 Å². The van der Waals surface area contributed by atoms with Gasteiger partial charge in [-0.1, -0.05) is 0 Å². The molecule has 1 aromatic carbocycles. The molecule has 0 bridgehead atoms. The van der Waals surface area contributed by atoms with E-state index >= 15 is 0 Å². The smallest absolute Gasteiger partial charge is 0.271 e. The summed E-state index contributed by atoms with van der Waals surface area (Å²) in [4.78, 5) is 17.6. The molecule has 20 heavy (non-hydrogen) atoms. The van der Waals surface area contributed by atoms with Crippen LogP contribution in [0.4, 0.5) is 11.6 Å². The lowest BCUT2D eigenvalue weighted by Gasteiger charge is -2.02. The topological polar surface area (TPSA) is 102 Å². The van der Waals surface area contributed by atoms with Crippen molar-refractivity contribution in [2.45, 2.75) is 6.54 Å². The second-order valence-electron chi connectivity index (χ2n) is 4.34. The van der Waals surface area contributed by atoms with Gasteiger partial charge in [-0.25, -0.2) is 4.98 Å². The molecule has 0 aliphatic rings. The van der Waals surface area contributed by atoms with Gasteiger partial charge in [0.25, 0.3) is 5.69 Å². The van der Waals surface area contributed by atoms with Crippen LogP contribution in [-0.2, 0) is 13.6 Å². The van der Waals surface area contributed by atoms with Crippen LogP contribution in [0.15, 0.2) is 30.5 Å². The summed E-state index contributed by atoms with van der Waals surface area (Å²) in [5.74, 6) is 0.571. The lowest BCUT2D eigenvalue weighted by atomic mass is 10.3. The van der Waals surface area contributed by atoms with Crippen LogP contribution >= 0.6 is 0 Å². The molecule has 3 aromatic rings. The van der Waals surface area contributed by atoms with E-state index in [1.807, 2.05) is 13.1 Å². The summed E-state index contributed by atoms with van der Waals surface area (Å²) in [6.45, 7) is 0.568. The Morgan fingerprint density at radius 2 is 2.30 bits per heavy atom. The van der Waals surface area contributed by atoms with Gasteiger partial charge in [-0.2, -0.15) is 5.10 Å². The van der Waals surface area contributed by atoms with E-state index in [0.717, 1.165) is 5.69 Å². The molecule has 0 saturated carbocycles. The van der Waals surface area contributed by atoms with Crippen LogP contribution in [-0.4, -0.2) is 24.7 Å². The SMILES string of the molecule is Cn1nccc1CNc1nc2ccc([N+](=O)[O-])cc2[nH]1. The number of non-ortho nitro benzene ring substituents is 1. The van der Waals surface area contributed by atoms with E-state index in [0.29, 0.717) is 23.5 Å². The average Bonchev–Trinajstić information content (AvgIpc) is 3.00. The van der Waals surface area contributed by atoms with Gasteiger partial charge >= 0.3 is 0 Å². The van der Waals surface area contributed by atoms with Crippen molar-refractivity contribution in [1.29, 1.82) is 0 Å². The van der Waals surface area contributed by atoms with E-state index in [1.54, 1.807) is 16.9 Å². The van der Waals surface area contributed by atoms with Gasteiger partial charge in [0, 0.05) is 25.4 Å². The van der Waals surface area contributed by atoms with Gasteiger partial charge in [-0.05, 0) is 12.1 Å². The van der Waals surface area contributed by atoms with E-state index < -0.39 is 4.92 Å². The van der Waals surface area contributed by atoms with Crippen molar-refractivity contribution in [3.05, 3.63) is 46.3 Å². The minimum absolute atomic E-state index is 0.0411. The molecule has 0 unspecified atom stereocenters. The third kappa shape index (κ3) is 2.18. The highest BCUT2D eigenvalue weighted by Crippen LogP contribution is 2.20. The molecule has 2 aromatic heterocycles. The minimum Gasteiger partial charge on any atom is -0.350 e.